The summed E-state index contributed by atoms with van der Waals surface area (Å²) in [6.07, 6.45) is 1.73. The zero-order chi connectivity index (χ0) is 13.9. The Morgan fingerprint density at radius 1 is 1.15 bits per heavy atom. The number of ether oxygens (including phenoxy) is 1. The third-order valence-corrected chi connectivity index (χ3v) is 3.36. The highest BCUT2D eigenvalue weighted by Gasteiger charge is 2.24. The van der Waals surface area contributed by atoms with E-state index in [2.05, 4.69) is 6.58 Å². The van der Waals surface area contributed by atoms with Gasteiger partial charge in [-0.2, -0.15) is 0 Å². The van der Waals surface area contributed by atoms with E-state index in [4.69, 9.17) is 4.74 Å². The van der Waals surface area contributed by atoms with Gasteiger partial charge in [0.15, 0.2) is 0 Å². The fraction of sp³-hybridized carbons (Fsp3) is 0.118. The zero-order valence-corrected chi connectivity index (χ0v) is 11.1. The van der Waals surface area contributed by atoms with Crippen LogP contribution in [0.5, 0.6) is 5.75 Å². The molecule has 1 heterocycles. The number of benzene rings is 2. The van der Waals surface area contributed by atoms with E-state index in [9.17, 15) is 4.79 Å². The molecule has 0 aliphatic carbocycles. The summed E-state index contributed by atoms with van der Waals surface area (Å²) in [6.45, 7) is 4.77. The van der Waals surface area contributed by atoms with Crippen LogP contribution in [0.25, 0.3) is 6.08 Å². The molecular weight excluding hydrogens is 250 g/mol. The second-order valence-corrected chi connectivity index (χ2v) is 4.60. The zero-order valence-electron chi connectivity index (χ0n) is 11.1. The molecule has 3 heteroatoms. The number of fused-ring (bicyclic) bond motifs is 1. The third kappa shape index (κ3) is 2.18. The minimum Gasteiger partial charge on any atom is -0.491 e. The summed E-state index contributed by atoms with van der Waals surface area (Å²) in [7, 11) is 0. The van der Waals surface area contributed by atoms with Crippen molar-refractivity contribution < 1.29 is 9.53 Å². The van der Waals surface area contributed by atoms with Gasteiger partial charge in [-0.25, -0.2) is 0 Å². The summed E-state index contributed by atoms with van der Waals surface area (Å²) in [5, 5.41) is 0. The lowest BCUT2D eigenvalue weighted by Gasteiger charge is -2.19. The Morgan fingerprint density at radius 3 is 2.70 bits per heavy atom. The van der Waals surface area contributed by atoms with E-state index in [1.807, 2.05) is 48.5 Å². The molecule has 0 spiro atoms. The van der Waals surface area contributed by atoms with E-state index in [1.54, 1.807) is 11.0 Å². The van der Waals surface area contributed by atoms with Gasteiger partial charge in [0.1, 0.15) is 12.4 Å². The van der Waals surface area contributed by atoms with E-state index >= 15 is 0 Å². The van der Waals surface area contributed by atoms with Crippen LogP contribution in [-0.4, -0.2) is 19.1 Å². The molecule has 2 aromatic rings. The van der Waals surface area contributed by atoms with Gasteiger partial charge in [-0.3, -0.25) is 4.79 Å². The van der Waals surface area contributed by atoms with Crippen LogP contribution in [-0.2, 0) is 0 Å². The highest BCUT2D eigenvalue weighted by atomic mass is 16.5. The van der Waals surface area contributed by atoms with E-state index in [1.165, 1.54) is 0 Å². The number of carbonyl (C=O) groups is 1. The molecule has 0 bridgehead atoms. The molecule has 0 saturated carbocycles. The second kappa shape index (κ2) is 5.21. The molecule has 0 aromatic heterocycles. The van der Waals surface area contributed by atoms with Gasteiger partial charge >= 0.3 is 0 Å². The van der Waals surface area contributed by atoms with Crippen LogP contribution >= 0.6 is 0 Å². The number of nitrogens with zero attached hydrogens (tertiary/aromatic N) is 1. The Hall–Kier alpha value is -2.55. The van der Waals surface area contributed by atoms with E-state index in [0.29, 0.717) is 24.5 Å². The molecule has 1 aliphatic heterocycles. The number of hydrogen-bond donors (Lipinski definition) is 0. The first-order valence-electron chi connectivity index (χ1n) is 6.56. The van der Waals surface area contributed by atoms with Crippen molar-refractivity contribution in [1.29, 1.82) is 0 Å². The quantitative estimate of drug-likeness (QED) is 0.833. The minimum atomic E-state index is -0.0348. The first-order chi connectivity index (χ1) is 9.79. The molecule has 0 N–H and O–H groups in total. The number of anilines is 1. The lowest BCUT2D eigenvalue weighted by molar-refractivity contribution is 0.0990. The molecular formula is C17H15NO2. The molecule has 0 radical (unpaired) electrons. The summed E-state index contributed by atoms with van der Waals surface area (Å²) in [5.74, 6) is 0.603. The van der Waals surface area contributed by atoms with Crippen LogP contribution in [0, 0.1) is 0 Å². The molecule has 0 unspecified atom stereocenters. The Balaban J connectivity index is 2.04. The van der Waals surface area contributed by atoms with E-state index < -0.39 is 0 Å². The molecule has 20 heavy (non-hydrogen) atoms. The highest BCUT2D eigenvalue weighted by Crippen LogP contribution is 2.27. The largest absolute Gasteiger partial charge is 0.491 e. The maximum absolute atomic E-state index is 12.7. The van der Waals surface area contributed by atoms with Gasteiger partial charge in [0.2, 0.25) is 0 Å². The highest BCUT2D eigenvalue weighted by molar-refractivity contribution is 6.08. The predicted molar refractivity (Wildman–Crippen MR) is 80.1 cm³/mol. The summed E-state index contributed by atoms with van der Waals surface area (Å²) in [4.78, 5) is 14.5. The maximum Gasteiger partial charge on any atom is 0.262 e. The smallest absolute Gasteiger partial charge is 0.262 e. The van der Waals surface area contributed by atoms with E-state index in [-0.39, 0.29) is 5.91 Å². The summed E-state index contributed by atoms with van der Waals surface area (Å²) < 4.78 is 5.67. The first kappa shape index (κ1) is 12.5. The van der Waals surface area contributed by atoms with Crippen LogP contribution < -0.4 is 9.64 Å². The summed E-state index contributed by atoms with van der Waals surface area (Å²) in [5.41, 5.74) is 2.39. The normalized spacial score (nSPS) is 14.2. The summed E-state index contributed by atoms with van der Waals surface area (Å²) in [6, 6.07) is 15.2. The van der Waals surface area contributed by atoms with Crippen molar-refractivity contribution in [1.82, 2.24) is 0 Å². The van der Waals surface area contributed by atoms with Gasteiger partial charge in [0.25, 0.3) is 5.91 Å². The maximum atomic E-state index is 12.7. The van der Waals surface area contributed by atoms with Gasteiger partial charge < -0.3 is 9.64 Å². The second-order valence-electron chi connectivity index (χ2n) is 4.60. The van der Waals surface area contributed by atoms with Crippen molar-refractivity contribution in [3.05, 3.63) is 66.2 Å². The number of rotatable bonds is 2. The van der Waals surface area contributed by atoms with Crippen molar-refractivity contribution in [3.63, 3.8) is 0 Å². The van der Waals surface area contributed by atoms with Gasteiger partial charge in [0.05, 0.1) is 12.1 Å². The van der Waals surface area contributed by atoms with Gasteiger partial charge in [-0.05, 0) is 29.8 Å². The van der Waals surface area contributed by atoms with Gasteiger partial charge in [-0.15, -0.1) is 0 Å². The Labute approximate surface area is 118 Å². The molecule has 0 atom stereocenters. The molecule has 0 saturated heterocycles. The van der Waals surface area contributed by atoms with Crippen molar-refractivity contribution in [2.24, 2.45) is 0 Å². The van der Waals surface area contributed by atoms with Crippen LogP contribution in [0.15, 0.2) is 55.1 Å². The lowest BCUT2D eigenvalue weighted by Crippen LogP contribution is -2.32. The van der Waals surface area contributed by atoms with Crippen LogP contribution in [0.2, 0.25) is 0 Å². The molecule has 0 fully saturated rings. The number of para-hydroxylation sites is 1. The Morgan fingerprint density at radius 2 is 1.95 bits per heavy atom. The molecule has 2 aromatic carbocycles. The van der Waals surface area contributed by atoms with Crippen LogP contribution in [0.1, 0.15) is 15.9 Å². The molecule has 1 aliphatic rings. The summed E-state index contributed by atoms with van der Waals surface area (Å²) >= 11 is 0. The van der Waals surface area contributed by atoms with Crippen molar-refractivity contribution in [3.8, 4) is 5.75 Å². The fourth-order valence-electron chi connectivity index (χ4n) is 2.32. The molecule has 1 amide bonds. The number of amides is 1. The molecule has 3 rings (SSSR count). The standard InChI is InChI=1S/C17H15NO2/c1-2-13-8-9-16-15(12-13)17(19)18(10-11-20-16)14-6-4-3-5-7-14/h2-9,12H,1,10-11H2. The number of carbonyl (C=O) groups excluding carboxylic acids is 1. The van der Waals surface area contributed by atoms with Gasteiger partial charge in [-0.1, -0.05) is 36.9 Å². The Kier molecular flexibility index (Phi) is 3.25. The third-order valence-electron chi connectivity index (χ3n) is 3.36. The van der Waals surface area contributed by atoms with Crippen molar-refractivity contribution in [2.45, 2.75) is 0 Å². The molecule has 100 valence electrons. The predicted octanol–water partition coefficient (Wildman–Crippen LogP) is 3.37. The fourth-order valence-corrected chi connectivity index (χ4v) is 2.32. The van der Waals surface area contributed by atoms with Crippen LogP contribution in [0.3, 0.4) is 0 Å². The van der Waals surface area contributed by atoms with E-state index in [0.717, 1.165) is 11.3 Å². The van der Waals surface area contributed by atoms with Gasteiger partial charge in [0, 0.05) is 5.69 Å². The van der Waals surface area contributed by atoms with Crippen molar-refractivity contribution in [2.75, 3.05) is 18.1 Å². The monoisotopic (exact) mass is 265 g/mol. The lowest BCUT2D eigenvalue weighted by atomic mass is 10.1. The van der Waals surface area contributed by atoms with Crippen molar-refractivity contribution >= 4 is 17.7 Å². The average molecular weight is 265 g/mol. The van der Waals surface area contributed by atoms with Crippen LogP contribution in [0.4, 0.5) is 5.69 Å². The number of hydrogen-bond acceptors (Lipinski definition) is 2. The Bertz CT molecular complexity index is 649. The SMILES string of the molecule is C=Cc1ccc2c(c1)C(=O)N(c1ccccc1)CCO2. The topological polar surface area (TPSA) is 29.5 Å². The minimum absolute atomic E-state index is 0.0348. The average Bonchev–Trinajstić information content (AvgIpc) is 2.67. The first-order valence-corrected chi connectivity index (χ1v) is 6.56. The molecule has 3 nitrogen and oxygen atoms in total.